The molecule has 4 nitrogen and oxygen atoms in total. The largest absolute Gasteiger partial charge is 0.497 e. The van der Waals surface area contributed by atoms with E-state index in [2.05, 4.69) is 0 Å². The Kier molecular flexibility index (Phi) is 4.62. The zero-order valence-electron chi connectivity index (χ0n) is 16.1. The Morgan fingerprint density at radius 1 is 0.786 bits per heavy atom. The number of hydrogen-bond acceptors (Lipinski definition) is 3. The molecule has 1 aliphatic rings. The fourth-order valence-corrected chi connectivity index (χ4v) is 3.61. The lowest BCUT2D eigenvalue weighted by molar-refractivity contribution is -0.112. The van der Waals surface area contributed by atoms with Crippen molar-refractivity contribution in [3.63, 3.8) is 0 Å². The van der Waals surface area contributed by atoms with Crippen molar-refractivity contribution in [1.29, 1.82) is 0 Å². The number of benzene rings is 3. The van der Waals surface area contributed by atoms with Crippen molar-refractivity contribution >= 4 is 22.7 Å². The van der Waals surface area contributed by atoms with Crippen LogP contribution in [-0.4, -0.2) is 27.2 Å². The molecule has 1 heterocycles. The number of anilines is 1. The van der Waals surface area contributed by atoms with Crippen LogP contribution in [0.25, 0.3) is 11.1 Å². The van der Waals surface area contributed by atoms with Crippen LogP contribution in [0.4, 0.5) is 5.69 Å². The summed E-state index contributed by atoms with van der Waals surface area (Å²) in [5.74, 6) is 1.43. The van der Waals surface area contributed by atoms with E-state index in [1.54, 1.807) is 26.2 Å². The molecule has 0 aliphatic carbocycles. The van der Waals surface area contributed by atoms with Crippen LogP contribution in [0.15, 0.2) is 72.8 Å². The van der Waals surface area contributed by atoms with Gasteiger partial charge in [0.1, 0.15) is 11.5 Å². The van der Waals surface area contributed by atoms with E-state index in [1.807, 2.05) is 72.8 Å². The first-order valence-corrected chi connectivity index (χ1v) is 9.04. The minimum atomic E-state index is -0.0371. The van der Waals surface area contributed by atoms with Gasteiger partial charge < -0.3 is 14.4 Å². The second kappa shape index (κ2) is 7.24. The number of ether oxygens (including phenoxy) is 2. The summed E-state index contributed by atoms with van der Waals surface area (Å²) in [6.07, 6.45) is 0. The Bertz CT molecular complexity index is 1070. The van der Waals surface area contributed by atoms with Crippen LogP contribution in [-0.2, 0) is 4.79 Å². The highest BCUT2D eigenvalue weighted by Gasteiger charge is 2.33. The van der Waals surface area contributed by atoms with Gasteiger partial charge in [-0.1, -0.05) is 42.5 Å². The first-order chi connectivity index (χ1) is 13.6. The van der Waals surface area contributed by atoms with E-state index in [4.69, 9.17) is 9.47 Å². The molecule has 3 aromatic rings. The summed E-state index contributed by atoms with van der Waals surface area (Å²) in [5, 5.41) is 0. The summed E-state index contributed by atoms with van der Waals surface area (Å²) < 4.78 is 10.8. The number of amides is 1. The van der Waals surface area contributed by atoms with Crippen LogP contribution in [0.3, 0.4) is 0 Å². The molecule has 0 bridgehead atoms. The fourth-order valence-electron chi connectivity index (χ4n) is 3.61. The van der Waals surface area contributed by atoms with Gasteiger partial charge >= 0.3 is 0 Å². The highest BCUT2D eigenvalue weighted by atomic mass is 16.5. The van der Waals surface area contributed by atoms with Crippen molar-refractivity contribution in [3.8, 4) is 11.5 Å². The van der Waals surface area contributed by atoms with Crippen molar-refractivity contribution < 1.29 is 14.3 Å². The molecule has 1 amide bonds. The molecule has 0 saturated carbocycles. The molecule has 0 aromatic heterocycles. The molecule has 0 atom stereocenters. The lowest BCUT2D eigenvalue weighted by Gasteiger charge is -2.14. The number of rotatable bonds is 4. The van der Waals surface area contributed by atoms with Gasteiger partial charge in [-0.15, -0.1) is 0 Å². The van der Waals surface area contributed by atoms with E-state index in [0.717, 1.165) is 39.4 Å². The average molecular weight is 371 g/mol. The third-order valence-corrected chi connectivity index (χ3v) is 5.02. The zero-order valence-corrected chi connectivity index (χ0v) is 16.1. The molecule has 0 N–H and O–H groups in total. The van der Waals surface area contributed by atoms with Gasteiger partial charge in [0, 0.05) is 18.2 Å². The summed E-state index contributed by atoms with van der Waals surface area (Å²) >= 11 is 0. The third kappa shape index (κ3) is 2.93. The maximum atomic E-state index is 13.3. The second-order valence-corrected chi connectivity index (χ2v) is 6.60. The topological polar surface area (TPSA) is 38.8 Å². The molecule has 1 aliphatic heterocycles. The van der Waals surface area contributed by atoms with Crippen molar-refractivity contribution in [2.24, 2.45) is 0 Å². The quantitative estimate of drug-likeness (QED) is 0.627. The summed E-state index contributed by atoms with van der Waals surface area (Å²) in [6.45, 7) is 0. The van der Waals surface area contributed by atoms with Crippen LogP contribution >= 0.6 is 0 Å². The van der Waals surface area contributed by atoms with Crippen LogP contribution in [0.2, 0.25) is 0 Å². The van der Waals surface area contributed by atoms with Crippen LogP contribution in [0, 0.1) is 0 Å². The molecule has 0 radical (unpaired) electrons. The predicted molar refractivity (Wildman–Crippen MR) is 112 cm³/mol. The minimum Gasteiger partial charge on any atom is -0.497 e. The summed E-state index contributed by atoms with van der Waals surface area (Å²) in [6, 6.07) is 23.5. The molecular formula is C24H21NO3. The Labute approximate surface area is 164 Å². The molecular weight excluding hydrogens is 350 g/mol. The van der Waals surface area contributed by atoms with E-state index in [0.29, 0.717) is 5.57 Å². The van der Waals surface area contributed by atoms with Crippen molar-refractivity contribution in [3.05, 3.63) is 89.5 Å². The maximum absolute atomic E-state index is 13.3. The standard InChI is InChI=1S/C24H21NO3/c1-25-21-13-12-19(28-3)15-20(21)23(24(25)26)22(16-8-5-4-6-9-16)17-10-7-11-18(14-17)27-2/h4-15H,1-3H3/b23-22-. The molecule has 0 fully saturated rings. The van der Waals surface area contributed by atoms with Gasteiger partial charge in [-0.05, 0) is 41.5 Å². The van der Waals surface area contributed by atoms with E-state index < -0.39 is 0 Å². The molecule has 0 unspecified atom stereocenters. The SMILES string of the molecule is COc1cccc(/C(=C2\C(=O)N(C)c3ccc(OC)cc32)c2ccccc2)c1. The summed E-state index contributed by atoms with van der Waals surface area (Å²) in [4.78, 5) is 15.0. The van der Waals surface area contributed by atoms with Gasteiger partial charge in [-0.25, -0.2) is 0 Å². The minimum absolute atomic E-state index is 0.0371. The van der Waals surface area contributed by atoms with Crippen LogP contribution in [0.1, 0.15) is 16.7 Å². The van der Waals surface area contributed by atoms with Gasteiger partial charge in [0.05, 0.1) is 25.5 Å². The zero-order chi connectivity index (χ0) is 19.7. The number of nitrogens with zero attached hydrogens (tertiary/aromatic N) is 1. The molecule has 3 aromatic carbocycles. The fraction of sp³-hybridized carbons (Fsp3) is 0.125. The lowest BCUT2D eigenvalue weighted by Crippen LogP contribution is -2.20. The van der Waals surface area contributed by atoms with E-state index in [-0.39, 0.29) is 5.91 Å². The molecule has 28 heavy (non-hydrogen) atoms. The average Bonchev–Trinajstić information content (AvgIpc) is 2.99. The number of carbonyl (C=O) groups excluding carboxylic acids is 1. The smallest absolute Gasteiger partial charge is 0.259 e. The van der Waals surface area contributed by atoms with Gasteiger partial charge in [-0.3, -0.25) is 4.79 Å². The van der Waals surface area contributed by atoms with Crippen LogP contribution in [0.5, 0.6) is 11.5 Å². The number of methoxy groups -OCH3 is 2. The van der Waals surface area contributed by atoms with Gasteiger partial charge in [0.2, 0.25) is 0 Å². The Hall–Kier alpha value is -3.53. The monoisotopic (exact) mass is 371 g/mol. The molecule has 4 heteroatoms. The highest BCUT2D eigenvalue weighted by molar-refractivity contribution is 6.38. The highest BCUT2D eigenvalue weighted by Crippen LogP contribution is 2.44. The van der Waals surface area contributed by atoms with E-state index in [9.17, 15) is 4.79 Å². The molecule has 0 saturated heterocycles. The summed E-state index contributed by atoms with van der Waals surface area (Å²) in [5.41, 5.74) is 5.19. The summed E-state index contributed by atoms with van der Waals surface area (Å²) in [7, 11) is 5.07. The van der Waals surface area contributed by atoms with Crippen molar-refractivity contribution in [2.45, 2.75) is 0 Å². The van der Waals surface area contributed by atoms with Crippen molar-refractivity contribution in [1.82, 2.24) is 0 Å². The molecule has 140 valence electrons. The lowest BCUT2D eigenvalue weighted by atomic mass is 9.90. The Morgan fingerprint density at radius 3 is 2.18 bits per heavy atom. The van der Waals surface area contributed by atoms with E-state index in [1.165, 1.54) is 0 Å². The first kappa shape index (κ1) is 17.9. The van der Waals surface area contributed by atoms with Gasteiger partial charge in [0.15, 0.2) is 0 Å². The number of fused-ring (bicyclic) bond motifs is 1. The third-order valence-electron chi connectivity index (χ3n) is 5.02. The predicted octanol–water partition coefficient (Wildman–Crippen LogP) is 4.64. The number of carbonyl (C=O) groups is 1. The second-order valence-electron chi connectivity index (χ2n) is 6.60. The number of likely N-dealkylation sites (N-methyl/N-ethyl adjacent to an activating group) is 1. The Balaban J connectivity index is 2.06. The van der Waals surface area contributed by atoms with E-state index >= 15 is 0 Å². The van der Waals surface area contributed by atoms with Crippen molar-refractivity contribution in [2.75, 3.05) is 26.2 Å². The number of hydrogen-bond donors (Lipinski definition) is 0. The molecule has 0 spiro atoms. The van der Waals surface area contributed by atoms with Gasteiger partial charge in [-0.2, -0.15) is 0 Å². The Morgan fingerprint density at radius 2 is 1.46 bits per heavy atom. The normalized spacial score (nSPS) is 14.7. The maximum Gasteiger partial charge on any atom is 0.259 e. The molecule has 4 rings (SSSR count). The van der Waals surface area contributed by atoms with Crippen LogP contribution < -0.4 is 14.4 Å². The first-order valence-electron chi connectivity index (χ1n) is 9.04. The van der Waals surface area contributed by atoms with Gasteiger partial charge in [0.25, 0.3) is 5.91 Å².